The molecule has 0 spiro atoms. The zero-order valence-corrected chi connectivity index (χ0v) is 13.1. The zero-order valence-electron chi connectivity index (χ0n) is 11.5. The molecule has 1 aliphatic carbocycles. The van der Waals surface area contributed by atoms with Gasteiger partial charge in [0.25, 0.3) is 0 Å². The highest BCUT2D eigenvalue weighted by Crippen LogP contribution is 2.36. The van der Waals surface area contributed by atoms with Gasteiger partial charge in [-0.1, -0.05) is 35.2 Å². The highest BCUT2D eigenvalue weighted by Gasteiger charge is 2.34. The second-order valence-electron chi connectivity index (χ2n) is 4.89. The molecular formula is C14H14FN3OS2. The normalized spacial score (nSPS) is 14.2. The van der Waals surface area contributed by atoms with Crippen LogP contribution in [0.5, 0.6) is 0 Å². The highest BCUT2D eigenvalue weighted by atomic mass is 32.2. The summed E-state index contributed by atoms with van der Waals surface area (Å²) in [5, 5.41) is 8.88. The van der Waals surface area contributed by atoms with Crippen molar-refractivity contribution in [2.45, 2.75) is 35.9 Å². The summed E-state index contributed by atoms with van der Waals surface area (Å²) in [5.74, 6) is 0.411. The Kier molecular flexibility index (Phi) is 4.21. The number of hydrogen-bond acceptors (Lipinski definition) is 5. The lowest BCUT2D eigenvalue weighted by Crippen LogP contribution is -2.30. The van der Waals surface area contributed by atoms with Gasteiger partial charge in [-0.25, -0.2) is 4.39 Å². The van der Waals surface area contributed by atoms with Crippen LogP contribution in [0.25, 0.3) is 0 Å². The monoisotopic (exact) mass is 323 g/mol. The van der Waals surface area contributed by atoms with E-state index in [4.69, 9.17) is 0 Å². The van der Waals surface area contributed by atoms with E-state index in [0.717, 1.165) is 22.7 Å². The summed E-state index contributed by atoms with van der Waals surface area (Å²) in [6, 6.07) is 6.81. The van der Waals surface area contributed by atoms with Gasteiger partial charge >= 0.3 is 0 Å². The maximum Gasteiger partial charge on any atom is 0.225 e. The topological polar surface area (TPSA) is 46.1 Å². The highest BCUT2D eigenvalue weighted by molar-refractivity contribution is 8.00. The molecule has 1 saturated carbocycles. The molecule has 1 aliphatic rings. The minimum absolute atomic E-state index is 0.00957. The van der Waals surface area contributed by atoms with Crippen molar-refractivity contribution in [2.24, 2.45) is 0 Å². The van der Waals surface area contributed by atoms with E-state index in [1.807, 2.05) is 6.07 Å². The molecule has 0 bridgehead atoms. The van der Waals surface area contributed by atoms with Crippen molar-refractivity contribution in [3.63, 3.8) is 0 Å². The van der Waals surface area contributed by atoms with E-state index in [-0.39, 0.29) is 17.8 Å². The van der Waals surface area contributed by atoms with Crippen molar-refractivity contribution in [1.82, 2.24) is 10.2 Å². The first kappa shape index (κ1) is 14.5. The van der Waals surface area contributed by atoms with E-state index in [0.29, 0.717) is 10.9 Å². The van der Waals surface area contributed by atoms with Crippen molar-refractivity contribution in [2.75, 3.05) is 4.90 Å². The van der Waals surface area contributed by atoms with Crippen molar-refractivity contribution >= 4 is 34.1 Å². The molecule has 0 radical (unpaired) electrons. The van der Waals surface area contributed by atoms with Crippen molar-refractivity contribution < 1.29 is 9.18 Å². The zero-order chi connectivity index (χ0) is 14.8. The van der Waals surface area contributed by atoms with Crippen LogP contribution in [0.1, 0.15) is 25.3 Å². The van der Waals surface area contributed by atoms with E-state index >= 15 is 0 Å². The number of carbonyl (C=O) groups excluding carboxylic acids is 1. The summed E-state index contributed by atoms with van der Waals surface area (Å²) in [6.07, 6.45) is 2.07. The molecule has 3 rings (SSSR count). The van der Waals surface area contributed by atoms with Gasteiger partial charge in [-0.05, 0) is 30.5 Å². The molecule has 1 aromatic heterocycles. The summed E-state index contributed by atoms with van der Waals surface area (Å²) in [5.41, 5.74) is 0.905. The number of anilines is 1. The van der Waals surface area contributed by atoms with Crippen molar-refractivity contribution in [1.29, 1.82) is 0 Å². The lowest BCUT2D eigenvalue weighted by Gasteiger charge is -2.15. The summed E-state index contributed by atoms with van der Waals surface area (Å²) in [7, 11) is 0. The molecule has 0 saturated heterocycles. The van der Waals surface area contributed by atoms with Gasteiger partial charge in [0, 0.05) is 18.7 Å². The largest absolute Gasteiger partial charge is 0.284 e. The predicted octanol–water partition coefficient (Wildman–Crippen LogP) is 3.48. The first-order chi connectivity index (χ1) is 10.1. The van der Waals surface area contributed by atoms with Gasteiger partial charge in [-0.2, -0.15) is 0 Å². The van der Waals surface area contributed by atoms with Crippen LogP contribution >= 0.6 is 23.1 Å². The molecule has 1 amide bonds. The smallest absolute Gasteiger partial charge is 0.225 e. The van der Waals surface area contributed by atoms with Gasteiger partial charge in [-0.3, -0.25) is 9.69 Å². The van der Waals surface area contributed by atoms with Crippen LogP contribution in [-0.2, 0) is 10.5 Å². The summed E-state index contributed by atoms with van der Waals surface area (Å²) >= 11 is 2.92. The molecule has 2 aromatic rings. The third-order valence-electron chi connectivity index (χ3n) is 3.10. The fourth-order valence-electron chi connectivity index (χ4n) is 2.01. The molecule has 0 N–H and O–H groups in total. The average molecular weight is 323 g/mol. The van der Waals surface area contributed by atoms with Gasteiger partial charge in [0.05, 0.1) is 0 Å². The van der Waals surface area contributed by atoms with Crippen LogP contribution in [0.2, 0.25) is 0 Å². The fraction of sp³-hybridized carbons (Fsp3) is 0.357. The Balaban J connectivity index is 1.66. The molecular weight excluding hydrogens is 309 g/mol. The van der Waals surface area contributed by atoms with Crippen molar-refractivity contribution in [3.05, 3.63) is 35.6 Å². The number of aromatic nitrogens is 2. The van der Waals surface area contributed by atoms with Gasteiger partial charge in [0.1, 0.15) is 5.82 Å². The summed E-state index contributed by atoms with van der Waals surface area (Å²) < 4.78 is 13.9. The first-order valence-corrected chi connectivity index (χ1v) is 8.44. The maximum atomic E-state index is 13.1. The Morgan fingerprint density at radius 3 is 2.95 bits per heavy atom. The molecule has 0 unspecified atom stereocenters. The molecule has 7 heteroatoms. The third kappa shape index (κ3) is 3.59. The SMILES string of the molecule is CC(=O)N(c1nnc(SCc2cccc(F)c2)s1)C1CC1. The van der Waals surface area contributed by atoms with E-state index < -0.39 is 0 Å². The second-order valence-corrected chi connectivity index (χ2v) is 7.07. The van der Waals surface area contributed by atoms with Crippen LogP contribution in [0.3, 0.4) is 0 Å². The van der Waals surface area contributed by atoms with Crippen LogP contribution in [0.4, 0.5) is 9.52 Å². The number of amides is 1. The Labute approximate surface area is 130 Å². The standard InChI is InChI=1S/C14H14FN3OS2/c1-9(19)18(12-5-6-12)13-16-17-14(21-13)20-8-10-3-2-4-11(15)7-10/h2-4,7,12H,5-6,8H2,1H3. The predicted molar refractivity (Wildman–Crippen MR) is 82.1 cm³/mol. The molecule has 4 nitrogen and oxygen atoms in total. The Morgan fingerprint density at radius 1 is 1.48 bits per heavy atom. The quantitative estimate of drug-likeness (QED) is 0.624. The molecule has 1 aromatic carbocycles. The van der Waals surface area contributed by atoms with Crippen LogP contribution in [0.15, 0.2) is 28.6 Å². The van der Waals surface area contributed by atoms with E-state index in [1.54, 1.807) is 17.9 Å². The van der Waals surface area contributed by atoms with Crippen LogP contribution in [-0.4, -0.2) is 22.1 Å². The molecule has 1 fully saturated rings. The van der Waals surface area contributed by atoms with E-state index in [9.17, 15) is 9.18 Å². The number of benzene rings is 1. The number of halogens is 1. The molecule has 0 aliphatic heterocycles. The van der Waals surface area contributed by atoms with Crippen LogP contribution < -0.4 is 4.90 Å². The van der Waals surface area contributed by atoms with Crippen molar-refractivity contribution in [3.8, 4) is 0 Å². The van der Waals surface area contributed by atoms with Gasteiger partial charge in [0.15, 0.2) is 4.34 Å². The average Bonchev–Trinajstić information content (AvgIpc) is 3.15. The van der Waals surface area contributed by atoms with E-state index in [2.05, 4.69) is 10.2 Å². The lowest BCUT2D eigenvalue weighted by atomic mass is 10.2. The Hall–Kier alpha value is -1.47. The molecule has 110 valence electrons. The first-order valence-electron chi connectivity index (χ1n) is 6.64. The van der Waals surface area contributed by atoms with Gasteiger partial charge in [-0.15, -0.1) is 10.2 Å². The Morgan fingerprint density at radius 2 is 2.29 bits per heavy atom. The second kappa shape index (κ2) is 6.11. The van der Waals surface area contributed by atoms with Gasteiger partial charge < -0.3 is 0 Å². The molecule has 21 heavy (non-hydrogen) atoms. The minimum atomic E-state index is -0.234. The van der Waals surface area contributed by atoms with E-state index in [1.165, 1.54) is 35.2 Å². The summed E-state index contributed by atoms with van der Waals surface area (Å²) in [6.45, 7) is 1.55. The number of nitrogens with zero attached hydrogens (tertiary/aromatic N) is 3. The Bertz CT molecular complexity index is 657. The fourth-order valence-corrected chi connectivity index (χ4v) is 3.91. The maximum absolute atomic E-state index is 13.1. The minimum Gasteiger partial charge on any atom is -0.284 e. The lowest BCUT2D eigenvalue weighted by molar-refractivity contribution is -0.116. The number of carbonyl (C=O) groups is 1. The number of thioether (sulfide) groups is 1. The molecule has 1 heterocycles. The molecule has 0 atom stereocenters. The van der Waals surface area contributed by atoms with Gasteiger partial charge in [0.2, 0.25) is 11.0 Å². The number of rotatable bonds is 5. The van der Waals surface area contributed by atoms with Crippen LogP contribution in [0, 0.1) is 5.82 Å². The summed E-state index contributed by atoms with van der Waals surface area (Å²) in [4.78, 5) is 13.4. The third-order valence-corrected chi connectivity index (χ3v) is 5.23. The number of hydrogen-bond donors (Lipinski definition) is 0.